The molecule has 0 aliphatic carbocycles. The van der Waals surface area contributed by atoms with Crippen LogP contribution in [0.5, 0.6) is 0 Å². The van der Waals surface area contributed by atoms with E-state index in [2.05, 4.69) is 15.6 Å². The van der Waals surface area contributed by atoms with E-state index in [-0.39, 0.29) is 0 Å². The number of amides is 2. The lowest BCUT2D eigenvalue weighted by atomic mass is 10.1. The van der Waals surface area contributed by atoms with Gasteiger partial charge in [0.2, 0.25) is 0 Å². The van der Waals surface area contributed by atoms with Gasteiger partial charge in [0.1, 0.15) is 6.04 Å². The molecule has 0 saturated heterocycles. The maximum atomic E-state index is 11.5. The van der Waals surface area contributed by atoms with Crippen molar-refractivity contribution >= 4 is 28.5 Å². The number of aromatic nitrogens is 1. The molecule has 1 aromatic heterocycles. The van der Waals surface area contributed by atoms with Crippen LogP contribution in [0.3, 0.4) is 0 Å². The molecule has 100 valence electrons. The number of anilines is 1. The number of thiazole rings is 1. The lowest BCUT2D eigenvalue weighted by Crippen LogP contribution is -2.43. The van der Waals surface area contributed by atoms with Crippen molar-refractivity contribution in [2.24, 2.45) is 0 Å². The first-order valence-corrected chi connectivity index (χ1v) is 6.20. The average molecular weight is 273 g/mol. The van der Waals surface area contributed by atoms with Gasteiger partial charge >= 0.3 is 12.0 Å². The molecule has 0 fully saturated rings. The zero-order chi connectivity index (χ0) is 13.4. The minimum absolute atomic E-state index is 0.314. The van der Waals surface area contributed by atoms with Crippen molar-refractivity contribution in [1.82, 2.24) is 10.3 Å². The highest BCUT2D eigenvalue weighted by Gasteiger charge is 2.19. The molecule has 0 saturated carbocycles. The molecule has 1 aromatic rings. The predicted octanol–water partition coefficient (Wildman–Crippen LogP) is 1.14. The highest BCUT2D eigenvalue weighted by Crippen LogP contribution is 2.10. The van der Waals surface area contributed by atoms with Gasteiger partial charge in [-0.1, -0.05) is 0 Å². The molecule has 7 nitrogen and oxygen atoms in total. The second-order valence-corrected chi connectivity index (χ2v) is 4.36. The fourth-order valence-electron chi connectivity index (χ4n) is 1.27. The van der Waals surface area contributed by atoms with Gasteiger partial charge in [-0.15, -0.1) is 11.3 Å². The number of methoxy groups -OCH3 is 1. The Bertz CT molecular complexity index is 382. The van der Waals surface area contributed by atoms with Gasteiger partial charge in [-0.25, -0.2) is 14.6 Å². The van der Waals surface area contributed by atoms with Gasteiger partial charge in [0.15, 0.2) is 5.13 Å². The molecular weight excluding hydrogens is 258 g/mol. The summed E-state index contributed by atoms with van der Waals surface area (Å²) in [5.74, 6) is -1.07. The number of aliphatic carboxylic acids is 1. The van der Waals surface area contributed by atoms with Gasteiger partial charge in [0, 0.05) is 25.3 Å². The molecule has 18 heavy (non-hydrogen) atoms. The molecular formula is C10H15N3O4S. The van der Waals surface area contributed by atoms with E-state index < -0.39 is 18.0 Å². The van der Waals surface area contributed by atoms with Crippen molar-refractivity contribution in [3.63, 3.8) is 0 Å². The van der Waals surface area contributed by atoms with Crippen LogP contribution in [0.1, 0.15) is 12.8 Å². The summed E-state index contributed by atoms with van der Waals surface area (Å²) in [6, 6.07) is -1.50. The average Bonchev–Trinajstić information content (AvgIpc) is 2.80. The summed E-state index contributed by atoms with van der Waals surface area (Å²) in [7, 11) is 1.54. The van der Waals surface area contributed by atoms with Gasteiger partial charge in [0.25, 0.3) is 0 Å². The molecule has 0 spiro atoms. The normalized spacial score (nSPS) is 11.8. The topological polar surface area (TPSA) is 101 Å². The summed E-state index contributed by atoms with van der Waals surface area (Å²) in [5.41, 5.74) is 0. The van der Waals surface area contributed by atoms with Gasteiger partial charge in [-0.05, 0) is 12.8 Å². The Balaban J connectivity index is 2.40. The van der Waals surface area contributed by atoms with Crippen molar-refractivity contribution in [1.29, 1.82) is 0 Å². The van der Waals surface area contributed by atoms with Crippen LogP contribution >= 0.6 is 11.3 Å². The van der Waals surface area contributed by atoms with E-state index in [0.717, 1.165) is 0 Å². The highest BCUT2D eigenvalue weighted by molar-refractivity contribution is 7.13. The third-order valence-electron chi connectivity index (χ3n) is 2.10. The molecule has 1 unspecified atom stereocenters. The number of carboxylic acid groups (broad SMARTS) is 1. The lowest BCUT2D eigenvalue weighted by Gasteiger charge is -2.14. The Morgan fingerprint density at radius 1 is 1.61 bits per heavy atom. The third kappa shape index (κ3) is 5.11. The fourth-order valence-corrected chi connectivity index (χ4v) is 1.79. The van der Waals surface area contributed by atoms with Crippen LogP contribution in [-0.2, 0) is 9.53 Å². The molecule has 8 heteroatoms. The van der Waals surface area contributed by atoms with Crippen LogP contribution in [0, 0.1) is 0 Å². The second-order valence-electron chi connectivity index (χ2n) is 3.46. The molecule has 0 aliphatic heterocycles. The number of carbonyl (C=O) groups excluding carboxylic acids is 1. The number of hydrogen-bond donors (Lipinski definition) is 3. The summed E-state index contributed by atoms with van der Waals surface area (Å²) in [6.45, 7) is 0.458. The van der Waals surface area contributed by atoms with Crippen molar-refractivity contribution in [2.75, 3.05) is 19.0 Å². The molecule has 0 aliphatic rings. The largest absolute Gasteiger partial charge is 0.480 e. The molecule has 3 N–H and O–H groups in total. The van der Waals surface area contributed by atoms with E-state index in [9.17, 15) is 9.59 Å². The van der Waals surface area contributed by atoms with Crippen LogP contribution < -0.4 is 10.6 Å². The number of rotatable bonds is 7. The monoisotopic (exact) mass is 273 g/mol. The zero-order valence-electron chi connectivity index (χ0n) is 9.88. The van der Waals surface area contributed by atoms with Crippen LogP contribution in [-0.4, -0.2) is 41.8 Å². The van der Waals surface area contributed by atoms with Crippen molar-refractivity contribution < 1.29 is 19.4 Å². The van der Waals surface area contributed by atoms with Gasteiger partial charge in [-0.3, -0.25) is 5.32 Å². The van der Waals surface area contributed by atoms with E-state index in [1.54, 1.807) is 18.7 Å². The minimum atomic E-state index is -1.07. The van der Waals surface area contributed by atoms with Crippen LogP contribution in [0.2, 0.25) is 0 Å². The molecule has 1 rings (SSSR count). The molecule has 0 aromatic carbocycles. The van der Waals surface area contributed by atoms with Gasteiger partial charge in [0.05, 0.1) is 0 Å². The van der Waals surface area contributed by atoms with E-state index in [0.29, 0.717) is 24.6 Å². The first-order valence-electron chi connectivity index (χ1n) is 5.32. The van der Waals surface area contributed by atoms with Crippen molar-refractivity contribution in [3.8, 4) is 0 Å². The third-order valence-corrected chi connectivity index (χ3v) is 2.79. The number of carbonyl (C=O) groups is 2. The summed E-state index contributed by atoms with van der Waals surface area (Å²) >= 11 is 1.26. The smallest absolute Gasteiger partial charge is 0.326 e. The van der Waals surface area contributed by atoms with Gasteiger partial charge < -0.3 is 15.2 Å². The minimum Gasteiger partial charge on any atom is -0.480 e. The number of hydrogen-bond acceptors (Lipinski definition) is 5. The van der Waals surface area contributed by atoms with Crippen LogP contribution in [0.4, 0.5) is 9.93 Å². The number of nitrogens with one attached hydrogen (secondary N) is 2. The Labute approximate surface area is 108 Å². The van der Waals surface area contributed by atoms with E-state index in [4.69, 9.17) is 9.84 Å². The number of nitrogens with zero attached hydrogens (tertiary/aromatic N) is 1. The van der Waals surface area contributed by atoms with Crippen molar-refractivity contribution in [2.45, 2.75) is 18.9 Å². The second kappa shape index (κ2) is 7.62. The molecule has 2 amide bonds. The van der Waals surface area contributed by atoms with E-state index in [1.807, 2.05) is 0 Å². The summed E-state index contributed by atoms with van der Waals surface area (Å²) in [5, 5.41) is 15.9. The maximum absolute atomic E-state index is 11.5. The number of urea groups is 1. The molecule has 1 heterocycles. The molecule has 0 radical (unpaired) electrons. The number of carboxylic acids is 1. The highest BCUT2D eigenvalue weighted by atomic mass is 32.1. The standard InChI is InChI=1S/C10H15N3O4S/c1-17-5-2-3-7(8(14)15)12-9(16)13-10-11-4-6-18-10/h4,6-7H,2-3,5H2,1H3,(H,14,15)(H2,11,12,13,16). The summed E-state index contributed by atoms with van der Waals surface area (Å²) < 4.78 is 4.83. The van der Waals surface area contributed by atoms with Gasteiger partial charge in [-0.2, -0.15) is 0 Å². The predicted molar refractivity (Wildman–Crippen MR) is 66.8 cm³/mol. The maximum Gasteiger partial charge on any atom is 0.326 e. The number of ether oxygens (including phenoxy) is 1. The Morgan fingerprint density at radius 2 is 2.39 bits per heavy atom. The van der Waals surface area contributed by atoms with E-state index in [1.165, 1.54) is 11.3 Å². The summed E-state index contributed by atoms with van der Waals surface area (Å²) in [4.78, 5) is 26.3. The Morgan fingerprint density at radius 3 is 2.94 bits per heavy atom. The Kier molecular flexibility index (Phi) is 6.09. The molecule has 0 bridgehead atoms. The summed E-state index contributed by atoms with van der Waals surface area (Å²) in [6.07, 6.45) is 2.42. The van der Waals surface area contributed by atoms with E-state index >= 15 is 0 Å². The first kappa shape index (κ1) is 14.4. The lowest BCUT2D eigenvalue weighted by molar-refractivity contribution is -0.139. The Hall–Kier alpha value is -1.67. The quantitative estimate of drug-likeness (QED) is 0.647. The van der Waals surface area contributed by atoms with Crippen molar-refractivity contribution in [3.05, 3.63) is 11.6 Å². The zero-order valence-corrected chi connectivity index (χ0v) is 10.7. The van der Waals surface area contributed by atoms with Crippen LogP contribution in [0.25, 0.3) is 0 Å². The first-order chi connectivity index (χ1) is 8.63. The van der Waals surface area contributed by atoms with Crippen LogP contribution in [0.15, 0.2) is 11.6 Å². The fraction of sp³-hybridized carbons (Fsp3) is 0.500. The molecule has 1 atom stereocenters. The SMILES string of the molecule is COCCCC(NC(=O)Nc1nccs1)C(=O)O.